The van der Waals surface area contributed by atoms with Gasteiger partial charge in [-0.1, -0.05) is 29.3 Å². The second-order valence-electron chi connectivity index (χ2n) is 9.68. The maximum Gasteiger partial charge on any atom is 0.266 e. The molecular formula is C31H30BrCl2N3O3S. The zero-order chi connectivity index (χ0) is 28.9. The van der Waals surface area contributed by atoms with E-state index in [0.29, 0.717) is 42.6 Å². The Morgan fingerprint density at radius 3 is 2.49 bits per heavy atom. The summed E-state index contributed by atoms with van der Waals surface area (Å²) in [5, 5.41) is 1.76. The zero-order valence-corrected chi connectivity index (χ0v) is 26.7. The number of carbonyl (C=O) groups is 1. The minimum absolute atomic E-state index is 0.0750. The number of methoxy groups -OCH3 is 1. The first-order valence-corrected chi connectivity index (χ1v) is 15.8. The number of benzene rings is 3. The fourth-order valence-corrected chi connectivity index (χ4v) is 6.87. The van der Waals surface area contributed by atoms with Crippen molar-refractivity contribution >= 4 is 79.4 Å². The van der Waals surface area contributed by atoms with Gasteiger partial charge in [-0.05, 0) is 114 Å². The SMILES string of the molecule is CCN1C(=O)/C(=C/c2cc(Br)c(OCc3ccc(Cl)cc3Cl)c(OC)c2)SC1=Nc1ccc(N2CCCCC2)cc1. The predicted molar refractivity (Wildman–Crippen MR) is 174 cm³/mol. The van der Waals surface area contributed by atoms with Gasteiger partial charge in [0, 0.05) is 40.9 Å². The van der Waals surface area contributed by atoms with Crippen LogP contribution in [0.3, 0.4) is 0 Å². The van der Waals surface area contributed by atoms with Crippen LogP contribution in [0, 0.1) is 0 Å². The number of thioether (sulfide) groups is 1. The lowest BCUT2D eigenvalue weighted by molar-refractivity contribution is -0.122. The fourth-order valence-electron chi connectivity index (χ4n) is 4.77. The number of halogens is 3. The molecule has 0 bridgehead atoms. The summed E-state index contributed by atoms with van der Waals surface area (Å²) < 4.78 is 12.4. The molecule has 2 heterocycles. The summed E-state index contributed by atoms with van der Waals surface area (Å²) in [6.07, 6.45) is 5.63. The van der Waals surface area contributed by atoms with Crippen LogP contribution >= 0.6 is 50.9 Å². The molecule has 0 spiro atoms. The number of ether oxygens (including phenoxy) is 2. The largest absolute Gasteiger partial charge is 0.493 e. The van der Waals surface area contributed by atoms with Gasteiger partial charge in [0.1, 0.15) is 6.61 Å². The molecule has 0 radical (unpaired) electrons. The van der Waals surface area contributed by atoms with Gasteiger partial charge in [0.05, 0.1) is 22.2 Å². The third-order valence-electron chi connectivity index (χ3n) is 6.94. The number of piperidine rings is 1. The molecule has 3 aromatic carbocycles. The van der Waals surface area contributed by atoms with E-state index in [2.05, 4.69) is 33.0 Å². The van der Waals surface area contributed by atoms with Gasteiger partial charge in [-0.15, -0.1) is 0 Å². The van der Waals surface area contributed by atoms with Gasteiger partial charge in [0.2, 0.25) is 0 Å². The maximum atomic E-state index is 13.3. The highest BCUT2D eigenvalue weighted by molar-refractivity contribution is 9.10. The molecule has 2 fully saturated rings. The number of anilines is 1. The monoisotopic (exact) mass is 673 g/mol. The Labute approximate surface area is 263 Å². The average molecular weight is 675 g/mol. The van der Waals surface area contributed by atoms with E-state index in [4.69, 9.17) is 37.7 Å². The zero-order valence-electron chi connectivity index (χ0n) is 22.8. The molecule has 2 aliphatic rings. The molecule has 0 N–H and O–H groups in total. The molecule has 2 saturated heterocycles. The van der Waals surface area contributed by atoms with Gasteiger partial charge in [-0.3, -0.25) is 9.69 Å². The van der Waals surface area contributed by atoms with Crippen molar-refractivity contribution in [2.75, 3.05) is 31.6 Å². The Bertz CT molecular complexity index is 1490. The minimum Gasteiger partial charge on any atom is -0.493 e. The molecule has 0 aliphatic carbocycles. The van der Waals surface area contributed by atoms with E-state index in [1.807, 2.05) is 43.3 Å². The quantitative estimate of drug-likeness (QED) is 0.223. The first-order chi connectivity index (χ1) is 19.9. The third-order valence-corrected chi connectivity index (χ3v) is 9.12. The molecule has 214 valence electrons. The Balaban J connectivity index is 1.34. The minimum atomic E-state index is -0.0750. The number of carbonyl (C=O) groups excluding carboxylic acids is 1. The van der Waals surface area contributed by atoms with Crippen LogP contribution in [0.15, 0.2) is 69.0 Å². The number of likely N-dealkylation sites (N-methyl/N-ethyl adjacent to an activating group) is 1. The van der Waals surface area contributed by atoms with Crippen molar-refractivity contribution in [1.82, 2.24) is 4.90 Å². The Morgan fingerprint density at radius 1 is 1.05 bits per heavy atom. The summed E-state index contributed by atoms with van der Waals surface area (Å²) in [5.74, 6) is 0.993. The number of amides is 1. The smallest absolute Gasteiger partial charge is 0.266 e. The molecule has 2 aliphatic heterocycles. The van der Waals surface area contributed by atoms with E-state index >= 15 is 0 Å². The number of hydrogen-bond donors (Lipinski definition) is 0. The summed E-state index contributed by atoms with van der Waals surface area (Å²) in [6, 6.07) is 17.3. The normalized spacial score (nSPS) is 17.5. The molecule has 0 aromatic heterocycles. The first-order valence-electron chi connectivity index (χ1n) is 13.5. The molecule has 6 nitrogen and oxygen atoms in total. The van der Waals surface area contributed by atoms with Crippen LogP contribution in [0.4, 0.5) is 11.4 Å². The molecule has 5 rings (SSSR count). The molecule has 41 heavy (non-hydrogen) atoms. The predicted octanol–water partition coefficient (Wildman–Crippen LogP) is 8.96. The van der Waals surface area contributed by atoms with Crippen molar-refractivity contribution in [2.45, 2.75) is 32.8 Å². The Hall–Kier alpha value is -2.65. The average Bonchev–Trinajstić information content (AvgIpc) is 3.26. The van der Waals surface area contributed by atoms with Gasteiger partial charge < -0.3 is 14.4 Å². The second-order valence-corrected chi connectivity index (χ2v) is 12.4. The van der Waals surface area contributed by atoms with Crippen molar-refractivity contribution in [3.8, 4) is 11.5 Å². The number of rotatable bonds is 8. The van der Waals surface area contributed by atoms with Crippen molar-refractivity contribution in [1.29, 1.82) is 0 Å². The number of nitrogens with zero attached hydrogens (tertiary/aromatic N) is 3. The molecule has 3 aromatic rings. The van der Waals surface area contributed by atoms with Crippen molar-refractivity contribution in [3.05, 3.63) is 85.1 Å². The Kier molecular flexibility index (Phi) is 9.86. The van der Waals surface area contributed by atoms with Crippen LogP contribution in [0.2, 0.25) is 10.0 Å². The van der Waals surface area contributed by atoms with Crippen molar-refractivity contribution in [3.63, 3.8) is 0 Å². The standard InChI is InChI=1S/C31H30BrCl2N3O3S/c1-3-37-30(38)28(41-31(37)35-23-9-11-24(12-10-23)36-13-5-4-6-14-36)17-20-15-25(32)29(27(16-20)39-2)40-19-21-7-8-22(33)18-26(21)34/h7-12,15-18H,3-6,13-14,19H2,1-2H3/b28-17-,35-31?. The molecule has 0 atom stereocenters. The van der Waals surface area contributed by atoms with Crippen LogP contribution < -0.4 is 14.4 Å². The lowest BCUT2D eigenvalue weighted by Gasteiger charge is -2.28. The van der Waals surface area contributed by atoms with Gasteiger partial charge in [0.25, 0.3) is 5.91 Å². The van der Waals surface area contributed by atoms with Crippen molar-refractivity contribution < 1.29 is 14.3 Å². The van der Waals surface area contributed by atoms with Crippen LogP contribution in [0.1, 0.15) is 37.3 Å². The maximum absolute atomic E-state index is 13.3. The lowest BCUT2D eigenvalue weighted by atomic mass is 10.1. The van der Waals surface area contributed by atoms with E-state index in [1.165, 1.54) is 36.7 Å². The summed E-state index contributed by atoms with van der Waals surface area (Å²) in [7, 11) is 1.58. The number of hydrogen-bond acceptors (Lipinski definition) is 6. The summed E-state index contributed by atoms with van der Waals surface area (Å²) >= 11 is 17.3. The van der Waals surface area contributed by atoms with E-state index in [1.54, 1.807) is 24.1 Å². The van der Waals surface area contributed by atoms with Crippen LogP contribution in [0.25, 0.3) is 6.08 Å². The first kappa shape index (κ1) is 29.8. The van der Waals surface area contributed by atoms with Crippen LogP contribution in [-0.2, 0) is 11.4 Å². The highest BCUT2D eigenvalue weighted by atomic mass is 79.9. The number of aliphatic imine (C=N–C) groups is 1. The van der Waals surface area contributed by atoms with E-state index < -0.39 is 0 Å². The van der Waals surface area contributed by atoms with Gasteiger partial charge in [-0.2, -0.15) is 0 Å². The van der Waals surface area contributed by atoms with Gasteiger partial charge >= 0.3 is 0 Å². The van der Waals surface area contributed by atoms with Gasteiger partial charge in [-0.25, -0.2) is 4.99 Å². The summed E-state index contributed by atoms with van der Waals surface area (Å²) in [4.78, 5) is 22.8. The topological polar surface area (TPSA) is 54.4 Å². The molecule has 10 heteroatoms. The molecule has 0 saturated carbocycles. The fraction of sp³-hybridized carbons (Fsp3) is 0.290. The van der Waals surface area contributed by atoms with Crippen LogP contribution in [0.5, 0.6) is 11.5 Å². The highest BCUT2D eigenvalue weighted by Gasteiger charge is 2.32. The highest BCUT2D eigenvalue weighted by Crippen LogP contribution is 2.40. The van der Waals surface area contributed by atoms with Gasteiger partial charge in [0.15, 0.2) is 16.7 Å². The summed E-state index contributed by atoms with van der Waals surface area (Å²) in [5.41, 5.74) is 3.65. The van der Waals surface area contributed by atoms with E-state index in [9.17, 15) is 4.79 Å². The second kappa shape index (κ2) is 13.6. The van der Waals surface area contributed by atoms with Crippen molar-refractivity contribution in [2.24, 2.45) is 4.99 Å². The molecule has 0 unspecified atom stereocenters. The molecule has 1 amide bonds. The molecular weight excluding hydrogens is 645 g/mol. The summed E-state index contributed by atoms with van der Waals surface area (Å²) in [6.45, 7) is 4.92. The number of amidine groups is 1. The van der Waals surface area contributed by atoms with E-state index in [0.717, 1.165) is 29.9 Å². The Morgan fingerprint density at radius 2 is 1.80 bits per heavy atom. The van der Waals surface area contributed by atoms with Crippen LogP contribution in [-0.4, -0.2) is 42.7 Å². The van der Waals surface area contributed by atoms with E-state index in [-0.39, 0.29) is 12.5 Å². The third kappa shape index (κ3) is 7.05. The lowest BCUT2D eigenvalue weighted by Crippen LogP contribution is -2.29.